The maximum atomic E-state index is 13.8. The third-order valence-electron chi connectivity index (χ3n) is 4.37. The van der Waals surface area contributed by atoms with Crippen molar-refractivity contribution in [3.63, 3.8) is 0 Å². The van der Waals surface area contributed by atoms with Crippen LogP contribution in [0.15, 0.2) is 71.2 Å². The largest absolute Gasteiger partial charge is 0.497 e. The van der Waals surface area contributed by atoms with E-state index in [1.807, 2.05) is 0 Å². The van der Waals surface area contributed by atoms with Gasteiger partial charge >= 0.3 is 0 Å². The quantitative estimate of drug-likeness (QED) is 0.407. The first-order valence-electron chi connectivity index (χ1n) is 9.37. The number of amides is 1. The molecule has 0 spiro atoms. The van der Waals surface area contributed by atoms with E-state index in [2.05, 4.69) is 21.2 Å². The summed E-state index contributed by atoms with van der Waals surface area (Å²) in [6, 6.07) is 17.0. The van der Waals surface area contributed by atoms with Crippen LogP contribution in [0.25, 0.3) is 6.08 Å². The van der Waals surface area contributed by atoms with Crippen LogP contribution in [0.2, 0.25) is 0 Å². The van der Waals surface area contributed by atoms with E-state index in [1.165, 1.54) is 19.3 Å². The predicted octanol–water partition coefficient (Wildman–Crippen LogP) is 5.84. The molecule has 3 aromatic rings. The minimum atomic E-state index is -0.333. The summed E-state index contributed by atoms with van der Waals surface area (Å²) in [5.74, 6) is 1.01. The standard InChI is InChI=1S/C24H21BrFNO4/c1-29-19-10-8-18(9-11-19)27-23(28)12-7-16-13-20(25)24(22(14-16)30-2)31-15-17-5-3-4-6-21(17)26/h3-14H,15H2,1-2H3,(H,27,28)/b12-7+. The Labute approximate surface area is 188 Å². The van der Waals surface area contributed by atoms with Crippen LogP contribution in [0.4, 0.5) is 10.1 Å². The van der Waals surface area contributed by atoms with Crippen LogP contribution >= 0.6 is 15.9 Å². The molecule has 0 saturated heterocycles. The molecule has 1 amide bonds. The summed E-state index contributed by atoms with van der Waals surface area (Å²) in [5.41, 5.74) is 1.83. The number of benzene rings is 3. The minimum Gasteiger partial charge on any atom is -0.497 e. The summed E-state index contributed by atoms with van der Waals surface area (Å²) >= 11 is 3.46. The molecule has 0 unspecified atom stereocenters. The van der Waals surface area contributed by atoms with E-state index in [1.54, 1.807) is 67.8 Å². The van der Waals surface area contributed by atoms with Gasteiger partial charge in [-0.15, -0.1) is 0 Å². The number of rotatable bonds is 8. The summed E-state index contributed by atoms with van der Waals surface area (Å²) < 4.78 is 30.7. The number of halogens is 2. The Bertz CT molecular complexity index is 1080. The number of hydrogen-bond donors (Lipinski definition) is 1. The van der Waals surface area contributed by atoms with Crippen molar-refractivity contribution in [1.29, 1.82) is 0 Å². The second kappa shape index (κ2) is 10.6. The molecule has 5 nitrogen and oxygen atoms in total. The van der Waals surface area contributed by atoms with E-state index < -0.39 is 0 Å². The van der Waals surface area contributed by atoms with Crippen molar-refractivity contribution in [3.05, 3.63) is 88.2 Å². The van der Waals surface area contributed by atoms with Gasteiger partial charge in [-0.1, -0.05) is 18.2 Å². The first-order valence-corrected chi connectivity index (χ1v) is 10.2. The number of nitrogens with one attached hydrogen (secondary N) is 1. The molecule has 0 aliphatic heterocycles. The predicted molar refractivity (Wildman–Crippen MR) is 122 cm³/mol. The number of anilines is 1. The number of carbonyl (C=O) groups is 1. The third-order valence-corrected chi connectivity index (χ3v) is 4.96. The van der Waals surface area contributed by atoms with Gasteiger partial charge in [-0.25, -0.2) is 4.39 Å². The van der Waals surface area contributed by atoms with Gasteiger partial charge in [0.05, 0.1) is 18.7 Å². The Morgan fingerprint density at radius 1 is 1.06 bits per heavy atom. The number of hydrogen-bond acceptors (Lipinski definition) is 4. The molecule has 0 heterocycles. The van der Waals surface area contributed by atoms with Gasteiger partial charge in [0.25, 0.3) is 0 Å². The van der Waals surface area contributed by atoms with Crippen molar-refractivity contribution in [2.45, 2.75) is 6.61 Å². The lowest BCUT2D eigenvalue weighted by atomic mass is 10.1. The summed E-state index contributed by atoms with van der Waals surface area (Å²) in [7, 11) is 3.10. The molecule has 160 valence electrons. The topological polar surface area (TPSA) is 56.8 Å². The van der Waals surface area contributed by atoms with Crippen molar-refractivity contribution in [2.75, 3.05) is 19.5 Å². The van der Waals surface area contributed by atoms with Gasteiger partial charge in [-0.2, -0.15) is 0 Å². The first kappa shape index (κ1) is 22.4. The maximum absolute atomic E-state index is 13.8. The summed E-state index contributed by atoms with van der Waals surface area (Å²) in [6.07, 6.45) is 3.08. The maximum Gasteiger partial charge on any atom is 0.248 e. The first-order chi connectivity index (χ1) is 15.0. The van der Waals surface area contributed by atoms with Crippen LogP contribution in [0.1, 0.15) is 11.1 Å². The zero-order valence-electron chi connectivity index (χ0n) is 17.0. The molecule has 0 atom stereocenters. The minimum absolute atomic E-state index is 0.0566. The van der Waals surface area contributed by atoms with Crippen LogP contribution in [0.3, 0.4) is 0 Å². The fraction of sp³-hybridized carbons (Fsp3) is 0.125. The van der Waals surface area contributed by atoms with Crippen molar-refractivity contribution in [1.82, 2.24) is 0 Å². The average molecular weight is 486 g/mol. The molecule has 0 aliphatic rings. The Kier molecular flexibility index (Phi) is 7.67. The average Bonchev–Trinajstić information content (AvgIpc) is 2.78. The lowest BCUT2D eigenvalue weighted by Gasteiger charge is -2.14. The van der Waals surface area contributed by atoms with Gasteiger partial charge in [-0.3, -0.25) is 4.79 Å². The SMILES string of the molecule is COc1ccc(NC(=O)/C=C/c2cc(Br)c(OCc3ccccc3F)c(OC)c2)cc1. The van der Waals surface area contributed by atoms with Crippen molar-refractivity contribution < 1.29 is 23.4 Å². The molecule has 31 heavy (non-hydrogen) atoms. The van der Waals surface area contributed by atoms with Crippen LogP contribution < -0.4 is 19.5 Å². The zero-order valence-corrected chi connectivity index (χ0v) is 18.6. The monoisotopic (exact) mass is 485 g/mol. The molecule has 0 bridgehead atoms. The molecular formula is C24H21BrFNO4. The highest BCUT2D eigenvalue weighted by Gasteiger charge is 2.12. The van der Waals surface area contributed by atoms with E-state index in [0.29, 0.717) is 33.0 Å². The Balaban J connectivity index is 1.69. The van der Waals surface area contributed by atoms with E-state index >= 15 is 0 Å². The summed E-state index contributed by atoms with van der Waals surface area (Å²) in [5, 5.41) is 2.78. The lowest BCUT2D eigenvalue weighted by molar-refractivity contribution is -0.111. The Morgan fingerprint density at radius 2 is 1.81 bits per heavy atom. The lowest BCUT2D eigenvalue weighted by Crippen LogP contribution is -2.07. The Hall–Kier alpha value is -3.32. The van der Waals surface area contributed by atoms with Gasteiger partial charge < -0.3 is 19.5 Å². The van der Waals surface area contributed by atoms with Gasteiger partial charge in [0.15, 0.2) is 11.5 Å². The molecule has 7 heteroatoms. The third kappa shape index (κ3) is 6.08. The molecule has 0 aromatic heterocycles. The second-order valence-corrected chi connectivity index (χ2v) is 7.32. The highest BCUT2D eigenvalue weighted by Crippen LogP contribution is 2.37. The van der Waals surface area contributed by atoms with Crippen LogP contribution in [-0.2, 0) is 11.4 Å². The van der Waals surface area contributed by atoms with Gasteiger partial charge in [-0.05, 0) is 70.0 Å². The zero-order chi connectivity index (χ0) is 22.2. The second-order valence-electron chi connectivity index (χ2n) is 6.47. The number of methoxy groups -OCH3 is 2. The van der Waals surface area contributed by atoms with Crippen LogP contribution in [0.5, 0.6) is 17.2 Å². The molecule has 3 rings (SSSR count). The molecule has 1 N–H and O–H groups in total. The van der Waals surface area contributed by atoms with E-state index in [9.17, 15) is 9.18 Å². The summed E-state index contributed by atoms with van der Waals surface area (Å²) in [4.78, 5) is 12.2. The molecule has 0 fully saturated rings. The van der Waals surface area contributed by atoms with E-state index in [4.69, 9.17) is 14.2 Å². The molecule has 0 saturated carbocycles. The molecule has 0 radical (unpaired) electrons. The number of carbonyl (C=O) groups excluding carboxylic acids is 1. The van der Waals surface area contributed by atoms with Gasteiger partial charge in [0.2, 0.25) is 5.91 Å². The fourth-order valence-electron chi connectivity index (χ4n) is 2.77. The molecule has 3 aromatic carbocycles. The molecular weight excluding hydrogens is 465 g/mol. The van der Waals surface area contributed by atoms with E-state index in [-0.39, 0.29) is 18.3 Å². The normalized spacial score (nSPS) is 10.7. The highest BCUT2D eigenvalue weighted by molar-refractivity contribution is 9.10. The van der Waals surface area contributed by atoms with Gasteiger partial charge in [0, 0.05) is 17.3 Å². The highest BCUT2D eigenvalue weighted by atomic mass is 79.9. The number of ether oxygens (including phenoxy) is 3. The molecule has 0 aliphatic carbocycles. The Morgan fingerprint density at radius 3 is 2.48 bits per heavy atom. The van der Waals surface area contributed by atoms with Crippen molar-refractivity contribution in [3.8, 4) is 17.2 Å². The van der Waals surface area contributed by atoms with E-state index in [0.717, 1.165) is 5.56 Å². The smallest absolute Gasteiger partial charge is 0.248 e. The van der Waals surface area contributed by atoms with Gasteiger partial charge in [0.1, 0.15) is 18.2 Å². The van der Waals surface area contributed by atoms with Crippen molar-refractivity contribution in [2.24, 2.45) is 0 Å². The van der Waals surface area contributed by atoms with Crippen molar-refractivity contribution >= 4 is 33.6 Å². The fourth-order valence-corrected chi connectivity index (χ4v) is 3.35. The van der Waals surface area contributed by atoms with Crippen LogP contribution in [0, 0.1) is 5.82 Å². The van der Waals surface area contributed by atoms with Crippen LogP contribution in [-0.4, -0.2) is 20.1 Å². The summed E-state index contributed by atoms with van der Waals surface area (Å²) in [6.45, 7) is 0.0566.